The highest BCUT2D eigenvalue weighted by molar-refractivity contribution is 7.84. The Hall–Kier alpha value is -0.370. The molecular weight excluding hydrogens is 180 g/mol. The van der Waals surface area contributed by atoms with Gasteiger partial charge in [-0.25, -0.2) is 0 Å². The van der Waals surface area contributed by atoms with Crippen LogP contribution in [-0.4, -0.2) is 16.2 Å². The summed E-state index contributed by atoms with van der Waals surface area (Å²) in [5.41, 5.74) is 1.47. The smallest absolute Gasteiger partial charge is 0.0266 e. The quantitative estimate of drug-likeness (QED) is 0.679. The van der Waals surface area contributed by atoms with Crippen LogP contribution in [0.2, 0.25) is 0 Å². The van der Waals surface area contributed by atoms with Crippen LogP contribution in [0.5, 0.6) is 0 Å². The van der Waals surface area contributed by atoms with Gasteiger partial charge in [-0.05, 0) is 32.1 Å². The first-order chi connectivity index (χ1) is 6.29. The second-order valence-electron chi connectivity index (χ2n) is 3.49. The van der Waals surface area contributed by atoms with E-state index in [4.69, 9.17) is 0 Å². The van der Waals surface area contributed by atoms with Crippen molar-refractivity contribution in [2.45, 2.75) is 32.1 Å². The highest BCUT2D eigenvalue weighted by Gasteiger charge is 1.98. The Morgan fingerprint density at radius 1 is 1.54 bits per heavy atom. The first-order valence-corrected chi connectivity index (χ1v) is 6.67. The molecule has 0 saturated carbocycles. The Morgan fingerprint density at radius 3 is 3.00 bits per heavy atom. The van der Waals surface area contributed by atoms with Crippen LogP contribution in [0.15, 0.2) is 23.8 Å². The fraction of sp³-hybridized carbons (Fsp3) is 0.636. The second-order valence-corrected chi connectivity index (χ2v) is 5.05. The van der Waals surface area contributed by atoms with Crippen molar-refractivity contribution in [2.24, 2.45) is 0 Å². The van der Waals surface area contributed by atoms with Crippen molar-refractivity contribution in [2.75, 3.05) is 12.0 Å². The molecule has 13 heavy (non-hydrogen) atoms. The average molecular weight is 198 g/mol. The summed E-state index contributed by atoms with van der Waals surface area (Å²) < 4.78 is 10.8. The number of rotatable bonds is 4. The SMILES string of the molecule is CS(=O)CCC=CC1=CCCCC1. The molecule has 0 fully saturated rings. The van der Waals surface area contributed by atoms with Gasteiger partial charge in [0.15, 0.2) is 0 Å². The summed E-state index contributed by atoms with van der Waals surface area (Å²) >= 11 is 0. The maximum Gasteiger partial charge on any atom is 0.0266 e. The monoisotopic (exact) mass is 198 g/mol. The molecule has 74 valence electrons. The summed E-state index contributed by atoms with van der Waals surface area (Å²) in [5, 5.41) is 0. The first kappa shape index (κ1) is 10.7. The van der Waals surface area contributed by atoms with Gasteiger partial charge in [0.05, 0.1) is 0 Å². The van der Waals surface area contributed by atoms with Gasteiger partial charge >= 0.3 is 0 Å². The lowest BCUT2D eigenvalue weighted by Crippen LogP contribution is -1.92. The third kappa shape index (κ3) is 5.04. The number of allylic oxidation sites excluding steroid dienone is 4. The van der Waals surface area contributed by atoms with E-state index in [0.717, 1.165) is 12.2 Å². The third-order valence-electron chi connectivity index (χ3n) is 2.23. The highest BCUT2D eigenvalue weighted by atomic mass is 32.2. The van der Waals surface area contributed by atoms with Crippen LogP contribution in [0.4, 0.5) is 0 Å². The van der Waals surface area contributed by atoms with Crippen molar-refractivity contribution in [3.63, 3.8) is 0 Å². The van der Waals surface area contributed by atoms with E-state index in [0.29, 0.717) is 0 Å². The van der Waals surface area contributed by atoms with Gasteiger partial charge in [-0.15, -0.1) is 0 Å². The van der Waals surface area contributed by atoms with Crippen LogP contribution in [0.1, 0.15) is 32.1 Å². The summed E-state index contributed by atoms with van der Waals surface area (Å²) in [4.78, 5) is 0. The van der Waals surface area contributed by atoms with Gasteiger partial charge in [-0.3, -0.25) is 4.21 Å². The molecule has 2 heteroatoms. The fourth-order valence-electron chi connectivity index (χ4n) is 1.48. The molecule has 1 nitrogen and oxygen atoms in total. The number of hydrogen-bond donors (Lipinski definition) is 0. The van der Waals surface area contributed by atoms with Gasteiger partial charge in [0, 0.05) is 22.8 Å². The Morgan fingerprint density at radius 2 is 2.38 bits per heavy atom. The van der Waals surface area contributed by atoms with Crippen molar-refractivity contribution in [3.8, 4) is 0 Å². The van der Waals surface area contributed by atoms with Crippen LogP contribution in [0.3, 0.4) is 0 Å². The molecule has 1 unspecified atom stereocenters. The zero-order valence-corrected chi connectivity index (χ0v) is 9.11. The molecule has 0 radical (unpaired) electrons. The predicted molar refractivity (Wildman–Crippen MR) is 59.2 cm³/mol. The van der Waals surface area contributed by atoms with Crippen molar-refractivity contribution in [1.29, 1.82) is 0 Å². The Kier molecular flexibility index (Phi) is 5.06. The van der Waals surface area contributed by atoms with E-state index in [-0.39, 0.29) is 0 Å². The van der Waals surface area contributed by atoms with E-state index < -0.39 is 10.8 Å². The van der Waals surface area contributed by atoms with Crippen molar-refractivity contribution in [3.05, 3.63) is 23.8 Å². The summed E-state index contributed by atoms with van der Waals surface area (Å²) in [6.45, 7) is 0. The second kappa shape index (κ2) is 6.14. The Balaban J connectivity index is 2.22. The molecule has 0 N–H and O–H groups in total. The van der Waals surface area contributed by atoms with Crippen molar-refractivity contribution >= 4 is 10.8 Å². The molecule has 1 aliphatic rings. The number of hydrogen-bond acceptors (Lipinski definition) is 1. The van der Waals surface area contributed by atoms with Gasteiger partial charge in [0.25, 0.3) is 0 Å². The minimum atomic E-state index is -0.643. The molecule has 1 atom stereocenters. The van der Waals surface area contributed by atoms with E-state index in [1.54, 1.807) is 6.26 Å². The highest BCUT2D eigenvalue weighted by Crippen LogP contribution is 2.18. The third-order valence-corrected chi connectivity index (χ3v) is 3.04. The molecule has 1 aliphatic carbocycles. The largest absolute Gasteiger partial charge is 0.260 e. The molecule has 0 heterocycles. The molecular formula is C11H18OS. The standard InChI is InChI=1S/C11H18OS/c1-13(12)10-6-5-9-11-7-3-2-4-8-11/h5,7,9H,2-4,6,8,10H2,1H3. The minimum absolute atomic E-state index is 0.643. The molecule has 0 saturated heterocycles. The Labute approximate surface area is 83.4 Å². The lowest BCUT2D eigenvalue weighted by Gasteiger charge is -2.07. The van der Waals surface area contributed by atoms with Crippen LogP contribution in [-0.2, 0) is 10.8 Å². The maximum absolute atomic E-state index is 10.8. The molecule has 0 aromatic carbocycles. The predicted octanol–water partition coefficient (Wildman–Crippen LogP) is 2.81. The van der Waals surface area contributed by atoms with Crippen LogP contribution >= 0.6 is 0 Å². The summed E-state index contributed by atoms with van der Waals surface area (Å²) in [5.74, 6) is 0.795. The fourth-order valence-corrected chi connectivity index (χ4v) is 1.95. The lowest BCUT2D eigenvalue weighted by atomic mass is 9.99. The van der Waals surface area contributed by atoms with Crippen LogP contribution in [0, 0.1) is 0 Å². The van der Waals surface area contributed by atoms with Crippen LogP contribution < -0.4 is 0 Å². The van der Waals surface area contributed by atoms with Gasteiger partial charge in [0.1, 0.15) is 0 Å². The Bertz CT molecular complexity index is 228. The normalized spacial score (nSPS) is 20.2. The molecule has 0 amide bonds. The molecule has 1 rings (SSSR count). The van der Waals surface area contributed by atoms with Crippen LogP contribution in [0.25, 0.3) is 0 Å². The summed E-state index contributed by atoms with van der Waals surface area (Å²) in [6.07, 6.45) is 14.5. The van der Waals surface area contributed by atoms with Gasteiger partial charge in [-0.1, -0.05) is 23.8 Å². The average Bonchev–Trinajstić information content (AvgIpc) is 2.14. The lowest BCUT2D eigenvalue weighted by molar-refractivity contribution is 0.686. The zero-order valence-electron chi connectivity index (χ0n) is 8.29. The van der Waals surface area contributed by atoms with E-state index in [9.17, 15) is 4.21 Å². The summed E-state index contributed by atoms with van der Waals surface area (Å²) in [6, 6.07) is 0. The molecule has 0 spiro atoms. The van der Waals surface area contributed by atoms with Gasteiger partial charge < -0.3 is 0 Å². The van der Waals surface area contributed by atoms with E-state index in [1.165, 1.54) is 31.3 Å². The maximum atomic E-state index is 10.8. The zero-order chi connectivity index (χ0) is 9.52. The molecule has 0 aromatic heterocycles. The van der Waals surface area contributed by atoms with Crippen molar-refractivity contribution in [1.82, 2.24) is 0 Å². The first-order valence-electron chi connectivity index (χ1n) is 4.94. The topological polar surface area (TPSA) is 17.1 Å². The minimum Gasteiger partial charge on any atom is -0.260 e. The molecule has 0 aromatic rings. The van der Waals surface area contributed by atoms with Gasteiger partial charge in [0.2, 0.25) is 0 Å². The van der Waals surface area contributed by atoms with Gasteiger partial charge in [-0.2, -0.15) is 0 Å². The molecule has 0 aliphatic heterocycles. The van der Waals surface area contributed by atoms with E-state index >= 15 is 0 Å². The van der Waals surface area contributed by atoms with E-state index in [2.05, 4.69) is 18.2 Å². The van der Waals surface area contributed by atoms with Crippen molar-refractivity contribution < 1.29 is 4.21 Å². The van der Waals surface area contributed by atoms with E-state index in [1.807, 2.05) is 0 Å². The molecule has 0 bridgehead atoms. The summed E-state index contributed by atoms with van der Waals surface area (Å²) in [7, 11) is -0.643.